The Balaban J connectivity index is 1.53. The highest BCUT2D eigenvalue weighted by Crippen LogP contribution is 2.42. The maximum atomic E-state index is 13.3. The van der Waals surface area contributed by atoms with Crippen molar-refractivity contribution in [1.82, 2.24) is 4.90 Å². The van der Waals surface area contributed by atoms with Gasteiger partial charge in [-0.3, -0.25) is 9.59 Å². The number of nitrogens with zero attached hydrogens (tertiary/aromatic N) is 1. The van der Waals surface area contributed by atoms with E-state index in [-0.39, 0.29) is 24.0 Å². The predicted octanol–water partition coefficient (Wildman–Crippen LogP) is 4.87. The Kier molecular flexibility index (Phi) is 7.23. The van der Waals surface area contributed by atoms with Crippen molar-refractivity contribution in [2.75, 3.05) is 20.3 Å². The zero-order valence-corrected chi connectivity index (χ0v) is 20.6. The molecule has 0 bridgehead atoms. The van der Waals surface area contributed by atoms with Crippen molar-refractivity contribution in [1.29, 1.82) is 0 Å². The van der Waals surface area contributed by atoms with Crippen LogP contribution in [0, 0.1) is 0 Å². The topological polar surface area (TPSA) is 85.3 Å². The fraction of sp³-hybridized carbons (Fsp3) is 0.267. The van der Waals surface area contributed by atoms with Gasteiger partial charge in [0, 0.05) is 18.7 Å². The molecule has 2 aliphatic rings. The number of aliphatic hydroxyl groups is 1. The van der Waals surface area contributed by atoms with E-state index >= 15 is 0 Å². The van der Waals surface area contributed by atoms with Crippen LogP contribution in [0.4, 0.5) is 0 Å². The van der Waals surface area contributed by atoms with Gasteiger partial charge in [0.25, 0.3) is 11.7 Å². The Morgan fingerprint density at radius 1 is 1.00 bits per heavy atom. The van der Waals surface area contributed by atoms with E-state index < -0.39 is 17.7 Å². The minimum atomic E-state index is -0.790. The van der Waals surface area contributed by atoms with E-state index in [1.54, 1.807) is 49.6 Å². The number of benzene rings is 3. The zero-order chi connectivity index (χ0) is 25.8. The normalized spacial score (nSPS) is 20.8. The number of hydrogen-bond donors (Lipinski definition) is 1. The summed E-state index contributed by atoms with van der Waals surface area (Å²) in [5.41, 5.74) is 2.17. The molecule has 2 aliphatic heterocycles. The number of ketones is 1. The van der Waals surface area contributed by atoms with Gasteiger partial charge in [-0.2, -0.15) is 0 Å². The first-order valence-electron chi connectivity index (χ1n) is 12.4. The number of likely N-dealkylation sites (tertiary alicyclic amines) is 1. The van der Waals surface area contributed by atoms with Gasteiger partial charge in [-0.15, -0.1) is 0 Å². The molecule has 7 heteroatoms. The smallest absolute Gasteiger partial charge is 0.295 e. The summed E-state index contributed by atoms with van der Waals surface area (Å²) in [6.07, 6.45) is 1.56. The van der Waals surface area contributed by atoms with E-state index in [4.69, 9.17) is 14.2 Å². The molecule has 2 saturated heterocycles. The second kappa shape index (κ2) is 10.9. The minimum absolute atomic E-state index is 0.0502. The standard InChI is InChI=1S/C30H29NO6/c1-35-25-17-22(14-15-24(25)37-19-20-9-4-2-5-10-20)27-26(28(32)21-11-6-3-7-12-21)29(33)30(34)31(27)18-23-13-8-16-36-23/h2-7,9-12,14-15,17,23,27,32H,8,13,16,18-19H2,1H3. The van der Waals surface area contributed by atoms with E-state index in [1.165, 1.54) is 4.90 Å². The molecule has 2 unspecified atom stereocenters. The molecule has 5 rings (SSSR count). The van der Waals surface area contributed by atoms with Crippen LogP contribution in [0.3, 0.4) is 0 Å². The van der Waals surface area contributed by atoms with Crippen molar-refractivity contribution in [3.05, 3.63) is 101 Å². The zero-order valence-electron chi connectivity index (χ0n) is 20.6. The van der Waals surface area contributed by atoms with Gasteiger partial charge in [-0.05, 0) is 36.1 Å². The lowest BCUT2D eigenvalue weighted by Crippen LogP contribution is -2.36. The number of aliphatic hydroxyl groups excluding tert-OH is 1. The SMILES string of the molecule is COc1cc(C2C(=C(O)c3ccccc3)C(=O)C(=O)N2CC2CCCO2)ccc1OCc1ccccc1. The Bertz CT molecular complexity index is 1300. The van der Waals surface area contributed by atoms with Crippen molar-refractivity contribution in [3.8, 4) is 11.5 Å². The highest BCUT2D eigenvalue weighted by Gasteiger charge is 2.47. The van der Waals surface area contributed by atoms with Crippen LogP contribution in [0.25, 0.3) is 5.76 Å². The fourth-order valence-electron chi connectivity index (χ4n) is 4.88. The average molecular weight is 500 g/mol. The van der Waals surface area contributed by atoms with Crippen molar-refractivity contribution >= 4 is 17.4 Å². The number of ether oxygens (including phenoxy) is 3. The van der Waals surface area contributed by atoms with Crippen LogP contribution < -0.4 is 9.47 Å². The molecule has 2 atom stereocenters. The number of methoxy groups -OCH3 is 1. The number of amides is 1. The summed E-state index contributed by atoms with van der Waals surface area (Å²) in [5.74, 6) is -0.568. The second-order valence-corrected chi connectivity index (χ2v) is 9.14. The van der Waals surface area contributed by atoms with Gasteiger partial charge in [0.15, 0.2) is 11.5 Å². The van der Waals surface area contributed by atoms with E-state index in [0.29, 0.717) is 35.8 Å². The number of carbonyl (C=O) groups excluding carboxylic acids is 2. The van der Waals surface area contributed by atoms with E-state index in [9.17, 15) is 14.7 Å². The molecule has 3 aromatic rings. The van der Waals surface area contributed by atoms with Crippen molar-refractivity contribution in [2.45, 2.75) is 31.6 Å². The quantitative estimate of drug-likeness (QED) is 0.270. The van der Waals surface area contributed by atoms with Crippen LogP contribution in [0.2, 0.25) is 0 Å². The van der Waals surface area contributed by atoms with Gasteiger partial charge in [0.05, 0.1) is 24.8 Å². The number of hydrogen-bond acceptors (Lipinski definition) is 6. The van der Waals surface area contributed by atoms with Gasteiger partial charge in [0.2, 0.25) is 0 Å². The van der Waals surface area contributed by atoms with Crippen LogP contribution in [0.5, 0.6) is 11.5 Å². The van der Waals surface area contributed by atoms with Gasteiger partial charge < -0.3 is 24.2 Å². The summed E-state index contributed by atoms with van der Waals surface area (Å²) in [4.78, 5) is 28.0. The first-order valence-corrected chi connectivity index (χ1v) is 12.4. The molecule has 1 N–H and O–H groups in total. The van der Waals surface area contributed by atoms with Crippen LogP contribution in [-0.2, 0) is 20.9 Å². The maximum absolute atomic E-state index is 13.3. The summed E-state index contributed by atoms with van der Waals surface area (Å²) in [6.45, 7) is 1.25. The summed E-state index contributed by atoms with van der Waals surface area (Å²) in [6, 6.07) is 23.1. The Morgan fingerprint density at radius 2 is 1.73 bits per heavy atom. The molecule has 190 valence electrons. The number of carbonyl (C=O) groups is 2. The molecular formula is C30H29NO6. The van der Waals surface area contributed by atoms with Crippen LogP contribution in [-0.4, -0.2) is 48.1 Å². The third-order valence-electron chi connectivity index (χ3n) is 6.75. The molecule has 2 heterocycles. The fourth-order valence-corrected chi connectivity index (χ4v) is 4.88. The molecule has 0 saturated carbocycles. The molecule has 0 radical (unpaired) electrons. The lowest BCUT2D eigenvalue weighted by Gasteiger charge is -2.28. The Morgan fingerprint density at radius 3 is 2.41 bits per heavy atom. The van der Waals surface area contributed by atoms with Crippen molar-refractivity contribution in [3.63, 3.8) is 0 Å². The Labute approximate surface area is 215 Å². The molecule has 37 heavy (non-hydrogen) atoms. The molecule has 0 aromatic heterocycles. The summed E-state index contributed by atoms with van der Waals surface area (Å²) < 4.78 is 17.4. The minimum Gasteiger partial charge on any atom is -0.507 e. The largest absolute Gasteiger partial charge is 0.507 e. The highest BCUT2D eigenvalue weighted by molar-refractivity contribution is 6.46. The summed E-state index contributed by atoms with van der Waals surface area (Å²) >= 11 is 0. The number of Topliss-reactive ketones (excluding diaryl/α,β-unsaturated/α-hetero) is 1. The van der Waals surface area contributed by atoms with E-state index in [1.807, 2.05) is 36.4 Å². The predicted molar refractivity (Wildman–Crippen MR) is 138 cm³/mol. The lowest BCUT2D eigenvalue weighted by atomic mass is 9.95. The molecule has 1 amide bonds. The van der Waals surface area contributed by atoms with Gasteiger partial charge in [-0.25, -0.2) is 0 Å². The van der Waals surface area contributed by atoms with Gasteiger partial charge >= 0.3 is 0 Å². The van der Waals surface area contributed by atoms with E-state index in [2.05, 4.69) is 0 Å². The third-order valence-corrected chi connectivity index (χ3v) is 6.75. The molecular weight excluding hydrogens is 470 g/mol. The van der Waals surface area contributed by atoms with Crippen molar-refractivity contribution < 1.29 is 28.9 Å². The third kappa shape index (κ3) is 5.08. The molecule has 0 aliphatic carbocycles. The van der Waals surface area contributed by atoms with Crippen LogP contribution >= 0.6 is 0 Å². The van der Waals surface area contributed by atoms with Crippen molar-refractivity contribution in [2.24, 2.45) is 0 Å². The summed E-state index contributed by atoms with van der Waals surface area (Å²) in [5, 5.41) is 11.2. The second-order valence-electron chi connectivity index (χ2n) is 9.14. The average Bonchev–Trinajstić information content (AvgIpc) is 3.55. The molecule has 0 spiro atoms. The molecule has 7 nitrogen and oxygen atoms in total. The molecule has 2 fully saturated rings. The van der Waals surface area contributed by atoms with Crippen LogP contribution in [0.1, 0.15) is 35.6 Å². The van der Waals surface area contributed by atoms with E-state index in [0.717, 1.165) is 18.4 Å². The molecule has 3 aromatic carbocycles. The Hall–Kier alpha value is -4.10. The van der Waals surface area contributed by atoms with Gasteiger partial charge in [0.1, 0.15) is 12.4 Å². The first kappa shape index (κ1) is 24.6. The van der Waals surface area contributed by atoms with Crippen LogP contribution in [0.15, 0.2) is 84.4 Å². The lowest BCUT2D eigenvalue weighted by molar-refractivity contribution is -0.140. The monoisotopic (exact) mass is 499 g/mol. The van der Waals surface area contributed by atoms with Gasteiger partial charge in [-0.1, -0.05) is 66.7 Å². The summed E-state index contributed by atoms with van der Waals surface area (Å²) in [7, 11) is 1.54. The first-order chi connectivity index (χ1) is 18.1. The number of rotatable bonds is 8. The maximum Gasteiger partial charge on any atom is 0.295 e. The highest BCUT2D eigenvalue weighted by atomic mass is 16.5.